The van der Waals surface area contributed by atoms with Crippen molar-refractivity contribution in [2.24, 2.45) is 0 Å². The van der Waals surface area contributed by atoms with E-state index in [-0.39, 0.29) is 18.0 Å². The van der Waals surface area contributed by atoms with Crippen molar-refractivity contribution in [2.75, 3.05) is 11.9 Å². The number of fused-ring (bicyclic) bond motifs is 1. The zero-order valence-corrected chi connectivity index (χ0v) is 18.4. The van der Waals surface area contributed by atoms with E-state index < -0.39 is 5.97 Å². The average molecular weight is 448 g/mol. The average Bonchev–Trinajstić information content (AvgIpc) is 3.22. The molecule has 32 heavy (non-hydrogen) atoms. The lowest BCUT2D eigenvalue weighted by molar-refractivity contribution is -0.116. The maximum atomic E-state index is 13.1. The number of thiophene rings is 1. The van der Waals surface area contributed by atoms with Crippen LogP contribution in [0.25, 0.3) is 21.3 Å². The Kier molecular flexibility index (Phi) is 6.13. The molecule has 2 aromatic heterocycles. The zero-order chi connectivity index (χ0) is 22.7. The number of benzene rings is 2. The van der Waals surface area contributed by atoms with Crippen molar-refractivity contribution in [3.05, 3.63) is 81.7 Å². The summed E-state index contributed by atoms with van der Waals surface area (Å²) in [6.45, 7) is 3.86. The molecule has 2 aromatic carbocycles. The quantitative estimate of drug-likeness (QED) is 0.446. The van der Waals surface area contributed by atoms with Crippen LogP contribution in [0.4, 0.5) is 5.69 Å². The molecule has 2 heterocycles. The molecule has 1 amide bonds. The van der Waals surface area contributed by atoms with E-state index in [2.05, 4.69) is 10.3 Å². The van der Waals surface area contributed by atoms with Gasteiger partial charge in [-0.1, -0.05) is 29.8 Å². The Bertz CT molecular complexity index is 1340. The van der Waals surface area contributed by atoms with Crippen LogP contribution in [0.1, 0.15) is 22.8 Å². The SMILES string of the molecule is CCOC(=O)c1ccc(NC(=O)Cn2cnc3scc(-c4ccc(C)cc4)c3c2=O)cc1. The Morgan fingerprint density at radius 1 is 1.09 bits per heavy atom. The predicted octanol–water partition coefficient (Wildman–Crippen LogP) is 4.25. The van der Waals surface area contributed by atoms with E-state index in [0.717, 1.165) is 16.7 Å². The number of aryl methyl sites for hydroxylation is 1. The summed E-state index contributed by atoms with van der Waals surface area (Å²) in [5.41, 5.74) is 3.53. The number of hydrogen-bond donors (Lipinski definition) is 1. The molecule has 0 aliphatic rings. The fourth-order valence-electron chi connectivity index (χ4n) is 3.29. The number of aromatic nitrogens is 2. The minimum Gasteiger partial charge on any atom is -0.462 e. The Morgan fingerprint density at radius 2 is 1.81 bits per heavy atom. The van der Waals surface area contributed by atoms with Crippen LogP contribution in [0.2, 0.25) is 0 Å². The second kappa shape index (κ2) is 9.15. The lowest BCUT2D eigenvalue weighted by Crippen LogP contribution is -2.27. The van der Waals surface area contributed by atoms with Gasteiger partial charge in [0, 0.05) is 16.6 Å². The van der Waals surface area contributed by atoms with Gasteiger partial charge in [0.2, 0.25) is 5.91 Å². The number of hydrogen-bond acceptors (Lipinski definition) is 6. The number of carbonyl (C=O) groups excluding carboxylic acids is 2. The molecule has 0 unspecified atom stereocenters. The third-order valence-electron chi connectivity index (χ3n) is 4.92. The normalized spacial score (nSPS) is 10.8. The molecule has 8 heteroatoms. The molecule has 0 aliphatic carbocycles. The number of anilines is 1. The summed E-state index contributed by atoms with van der Waals surface area (Å²) in [6.07, 6.45) is 1.39. The largest absolute Gasteiger partial charge is 0.462 e. The van der Waals surface area contributed by atoms with Crippen molar-refractivity contribution in [1.29, 1.82) is 0 Å². The van der Waals surface area contributed by atoms with Gasteiger partial charge in [0.15, 0.2) is 0 Å². The van der Waals surface area contributed by atoms with Crippen LogP contribution in [-0.2, 0) is 16.1 Å². The molecule has 0 bridgehead atoms. The summed E-state index contributed by atoms with van der Waals surface area (Å²) in [6, 6.07) is 14.3. The first-order valence-electron chi connectivity index (χ1n) is 10.1. The van der Waals surface area contributed by atoms with E-state index in [1.165, 1.54) is 22.2 Å². The van der Waals surface area contributed by atoms with E-state index in [1.54, 1.807) is 31.2 Å². The van der Waals surface area contributed by atoms with Gasteiger partial charge in [0.1, 0.15) is 11.4 Å². The summed E-state index contributed by atoms with van der Waals surface area (Å²) in [7, 11) is 0. The molecular formula is C24H21N3O4S. The van der Waals surface area contributed by atoms with Crippen LogP contribution in [0, 0.1) is 6.92 Å². The van der Waals surface area contributed by atoms with Crippen molar-refractivity contribution < 1.29 is 14.3 Å². The smallest absolute Gasteiger partial charge is 0.338 e. The van der Waals surface area contributed by atoms with Crippen molar-refractivity contribution in [2.45, 2.75) is 20.4 Å². The summed E-state index contributed by atoms with van der Waals surface area (Å²) in [4.78, 5) is 42.4. The van der Waals surface area contributed by atoms with Crippen molar-refractivity contribution >= 4 is 39.1 Å². The molecule has 4 rings (SSSR count). The van der Waals surface area contributed by atoms with Gasteiger partial charge in [0.05, 0.1) is 23.9 Å². The molecular weight excluding hydrogens is 426 g/mol. The maximum absolute atomic E-state index is 13.1. The second-order valence-corrected chi connectivity index (χ2v) is 8.08. The van der Waals surface area contributed by atoms with Gasteiger partial charge < -0.3 is 10.1 Å². The maximum Gasteiger partial charge on any atom is 0.338 e. The van der Waals surface area contributed by atoms with Crippen LogP contribution < -0.4 is 10.9 Å². The van der Waals surface area contributed by atoms with Gasteiger partial charge in [-0.15, -0.1) is 11.3 Å². The van der Waals surface area contributed by atoms with Gasteiger partial charge in [0.25, 0.3) is 5.56 Å². The summed E-state index contributed by atoms with van der Waals surface area (Å²) >= 11 is 1.40. The second-order valence-electron chi connectivity index (χ2n) is 7.22. The molecule has 0 atom stereocenters. The Balaban J connectivity index is 1.54. The van der Waals surface area contributed by atoms with Crippen molar-refractivity contribution in [3.8, 4) is 11.1 Å². The van der Waals surface area contributed by atoms with Gasteiger partial charge in [-0.25, -0.2) is 9.78 Å². The number of esters is 1. The highest BCUT2D eigenvalue weighted by Crippen LogP contribution is 2.30. The molecule has 0 saturated carbocycles. The number of amides is 1. The minimum atomic E-state index is -0.420. The standard InChI is InChI=1S/C24H21N3O4S/c1-3-31-24(30)17-8-10-18(11-9-17)26-20(28)12-27-14-25-22-21(23(27)29)19(13-32-22)16-6-4-15(2)5-7-16/h4-11,13-14H,3,12H2,1-2H3,(H,26,28). The Morgan fingerprint density at radius 3 is 2.50 bits per heavy atom. The molecule has 4 aromatic rings. The third kappa shape index (κ3) is 4.45. The molecule has 0 saturated heterocycles. The first-order valence-corrected chi connectivity index (χ1v) is 10.9. The van der Waals surface area contributed by atoms with Crippen LogP contribution in [-0.4, -0.2) is 28.0 Å². The van der Waals surface area contributed by atoms with E-state index in [1.807, 2.05) is 36.6 Å². The monoisotopic (exact) mass is 447 g/mol. The number of carbonyl (C=O) groups is 2. The molecule has 1 N–H and O–H groups in total. The van der Waals surface area contributed by atoms with Gasteiger partial charge in [-0.3, -0.25) is 14.2 Å². The van der Waals surface area contributed by atoms with Crippen LogP contribution in [0.3, 0.4) is 0 Å². The first-order chi connectivity index (χ1) is 15.5. The number of ether oxygens (including phenoxy) is 1. The molecule has 162 valence electrons. The Hall–Kier alpha value is -3.78. The van der Waals surface area contributed by atoms with E-state index in [0.29, 0.717) is 28.1 Å². The summed E-state index contributed by atoms with van der Waals surface area (Å²) in [5.74, 6) is -0.791. The van der Waals surface area contributed by atoms with E-state index in [9.17, 15) is 14.4 Å². The highest BCUT2D eigenvalue weighted by atomic mass is 32.1. The lowest BCUT2D eigenvalue weighted by Gasteiger charge is -2.09. The number of nitrogens with zero attached hydrogens (tertiary/aromatic N) is 2. The van der Waals surface area contributed by atoms with Crippen LogP contribution in [0.15, 0.2) is 65.0 Å². The van der Waals surface area contributed by atoms with Gasteiger partial charge >= 0.3 is 5.97 Å². The first kappa shape index (κ1) is 21.5. The summed E-state index contributed by atoms with van der Waals surface area (Å²) in [5, 5.41) is 5.16. The van der Waals surface area contributed by atoms with Crippen molar-refractivity contribution in [1.82, 2.24) is 9.55 Å². The molecule has 7 nitrogen and oxygen atoms in total. The van der Waals surface area contributed by atoms with Crippen LogP contribution in [0.5, 0.6) is 0 Å². The van der Waals surface area contributed by atoms with E-state index in [4.69, 9.17) is 4.74 Å². The Labute approximate surface area is 188 Å². The highest BCUT2D eigenvalue weighted by Gasteiger charge is 2.15. The van der Waals surface area contributed by atoms with Gasteiger partial charge in [-0.05, 0) is 43.7 Å². The summed E-state index contributed by atoms with van der Waals surface area (Å²) < 4.78 is 6.25. The molecule has 0 aliphatic heterocycles. The minimum absolute atomic E-state index is 0.176. The number of rotatable bonds is 6. The highest BCUT2D eigenvalue weighted by molar-refractivity contribution is 7.17. The van der Waals surface area contributed by atoms with E-state index >= 15 is 0 Å². The topological polar surface area (TPSA) is 90.3 Å². The molecule has 0 radical (unpaired) electrons. The molecule has 0 spiro atoms. The number of nitrogens with one attached hydrogen (secondary N) is 1. The molecule has 0 fully saturated rings. The predicted molar refractivity (Wildman–Crippen MR) is 125 cm³/mol. The fourth-order valence-corrected chi connectivity index (χ4v) is 4.19. The van der Waals surface area contributed by atoms with Gasteiger partial charge in [-0.2, -0.15) is 0 Å². The van der Waals surface area contributed by atoms with Crippen LogP contribution >= 0.6 is 11.3 Å². The lowest BCUT2D eigenvalue weighted by atomic mass is 10.1. The third-order valence-corrected chi connectivity index (χ3v) is 5.80. The van der Waals surface area contributed by atoms with Crippen molar-refractivity contribution in [3.63, 3.8) is 0 Å². The zero-order valence-electron chi connectivity index (χ0n) is 17.6. The fraction of sp³-hybridized carbons (Fsp3) is 0.167.